The van der Waals surface area contributed by atoms with Gasteiger partial charge in [-0.1, -0.05) is 0 Å². The number of piperidine rings is 1. The number of hydrazine groups is 1. The van der Waals surface area contributed by atoms with E-state index >= 15 is 0 Å². The zero-order chi connectivity index (χ0) is 9.97. The number of hydrogen-bond donors (Lipinski definition) is 2. The summed E-state index contributed by atoms with van der Waals surface area (Å²) in [6.07, 6.45) is 5.88. The molecule has 0 radical (unpaired) electrons. The lowest BCUT2D eigenvalue weighted by atomic mass is 10.1. The highest BCUT2D eigenvalue weighted by atomic mass is 15.5. The molecule has 5 nitrogen and oxygen atoms in total. The summed E-state index contributed by atoms with van der Waals surface area (Å²) in [5.41, 5.74) is 9.54. The summed E-state index contributed by atoms with van der Waals surface area (Å²) in [6.45, 7) is 2.14. The fourth-order valence-corrected chi connectivity index (χ4v) is 1.91. The highest BCUT2D eigenvalue weighted by molar-refractivity contribution is 5.30. The van der Waals surface area contributed by atoms with Crippen LogP contribution in [0.15, 0.2) is 12.4 Å². The van der Waals surface area contributed by atoms with Crippen molar-refractivity contribution in [1.82, 2.24) is 20.2 Å². The van der Waals surface area contributed by atoms with Gasteiger partial charge in [-0.3, -0.25) is 10.1 Å². The molecule has 5 heteroatoms. The van der Waals surface area contributed by atoms with E-state index in [-0.39, 0.29) is 0 Å². The van der Waals surface area contributed by atoms with Gasteiger partial charge in [-0.2, -0.15) is 5.10 Å². The Kier molecular flexibility index (Phi) is 2.69. The number of anilines is 1. The first kappa shape index (κ1) is 9.48. The number of nitrogens with two attached hydrogens (primary N) is 1. The molecule has 1 aliphatic rings. The molecular formula is C9H17N5. The van der Waals surface area contributed by atoms with Gasteiger partial charge in [-0.05, 0) is 19.9 Å². The van der Waals surface area contributed by atoms with Gasteiger partial charge in [0.15, 0.2) is 0 Å². The van der Waals surface area contributed by atoms with E-state index in [1.807, 2.05) is 17.9 Å². The number of rotatable bonds is 2. The van der Waals surface area contributed by atoms with Crippen molar-refractivity contribution in [3.8, 4) is 0 Å². The number of nitrogen functional groups attached to an aromatic ring is 1. The normalized spacial score (nSPS) is 20.1. The fourth-order valence-electron chi connectivity index (χ4n) is 1.91. The Bertz CT molecular complexity index is 287. The molecule has 2 heterocycles. The van der Waals surface area contributed by atoms with Crippen LogP contribution in [0.5, 0.6) is 0 Å². The molecule has 0 atom stereocenters. The van der Waals surface area contributed by atoms with E-state index in [4.69, 9.17) is 5.73 Å². The summed E-state index contributed by atoms with van der Waals surface area (Å²) in [5.74, 6) is 0. The minimum absolute atomic E-state index is 0.511. The number of hydrogen-bond acceptors (Lipinski definition) is 4. The van der Waals surface area contributed by atoms with Crippen LogP contribution in [-0.2, 0) is 0 Å². The molecule has 78 valence electrons. The lowest BCUT2D eigenvalue weighted by molar-refractivity contribution is 0.135. The lowest BCUT2D eigenvalue weighted by Gasteiger charge is -2.31. The predicted octanol–water partition coefficient (Wildman–Crippen LogP) is 0.237. The van der Waals surface area contributed by atoms with Crippen molar-refractivity contribution in [2.75, 3.05) is 25.9 Å². The fraction of sp³-hybridized carbons (Fsp3) is 0.667. The van der Waals surface area contributed by atoms with Crippen LogP contribution in [0.1, 0.15) is 18.9 Å². The van der Waals surface area contributed by atoms with Crippen molar-refractivity contribution in [2.45, 2.75) is 18.9 Å². The van der Waals surface area contributed by atoms with E-state index < -0.39 is 0 Å². The van der Waals surface area contributed by atoms with Crippen LogP contribution >= 0.6 is 0 Å². The maximum absolute atomic E-state index is 5.63. The first-order valence-corrected chi connectivity index (χ1v) is 5.01. The summed E-state index contributed by atoms with van der Waals surface area (Å²) >= 11 is 0. The number of nitrogens with one attached hydrogen (secondary N) is 1. The van der Waals surface area contributed by atoms with Gasteiger partial charge in [0.1, 0.15) is 0 Å². The molecule has 0 spiro atoms. The average Bonchev–Trinajstić information content (AvgIpc) is 2.65. The molecular weight excluding hydrogens is 178 g/mol. The third kappa shape index (κ3) is 1.88. The molecule has 0 unspecified atom stereocenters. The summed E-state index contributed by atoms with van der Waals surface area (Å²) < 4.78 is 1.99. The first-order valence-electron chi connectivity index (χ1n) is 5.01. The van der Waals surface area contributed by atoms with Gasteiger partial charge in [-0.25, -0.2) is 5.01 Å². The Hall–Kier alpha value is -1.07. The van der Waals surface area contributed by atoms with E-state index in [0.29, 0.717) is 6.04 Å². The van der Waals surface area contributed by atoms with Crippen molar-refractivity contribution < 1.29 is 0 Å². The molecule has 0 bridgehead atoms. The first-order chi connectivity index (χ1) is 6.79. The van der Waals surface area contributed by atoms with Gasteiger partial charge in [-0.15, -0.1) is 0 Å². The van der Waals surface area contributed by atoms with Crippen LogP contribution in [0.25, 0.3) is 0 Å². The smallest absolute Gasteiger partial charge is 0.0719 e. The summed E-state index contributed by atoms with van der Waals surface area (Å²) in [5, 5.41) is 6.47. The van der Waals surface area contributed by atoms with E-state index in [9.17, 15) is 0 Å². The van der Waals surface area contributed by atoms with Gasteiger partial charge >= 0.3 is 0 Å². The molecule has 1 aliphatic heterocycles. The zero-order valence-corrected chi connectivity index (χ0v) is 8.48. The van der Waals surface area contributed by atoms with E-state index in [1.54, 1.807) is 6.20 Å². The van der Waals surface area contributed by atoms with Crippen LogP contribution in [0.3, 0.4) is 0 Å². The minimum atomic E-state index is 0.511. The maximum Gasteiger partial charge on any atom is 0.0719 e. The monoisotopic (exact) mass is 195 g/mol. The molecule has 3 N–H and O–H groups in total. The Labute approximate surface area is 83.8 Å². The van der Waals surface area contributed by atoms with E-state index in [1.165, 1.54) is 0 Å². The minimum Gasteiger partial charge on any atom is -0.396 e. The highest BCUT2D eigenvalue weighted by Crippen LogP contribution is 2.21. The molecule has 1 saturated heterocycles. The van der Waals surface area contributed by atoms with Crippen molar-refractivity contribution in [3.63, 3.8) is 0 Å². The van der Waals surface area contributed by atoms with Gasteiger partial charge in [0.05, 0.1) is 17.9 Å². The number of nitrogens with zero attached hydrogens (tertiary/aromatic N) is 3. The Morgan fingerprint density at radius 2 is 2.21 bits per heavy atom. The molecule has 0 saturated carbocycles. The van der Waals surface area contributed by atoms with Crippen LogP contribution < -0.4 is 11.2 Å². The van der Waals surface area contributed by atoms with Crippen molar-refractivity contribution >= 4 is 5.69 Å². The summed E-state index contributed by atoms with van der Waals surface area (Å²) in [7, 11) is 1.96. The third-order valence-corrected chi connectivity index (χ3v) is 2.78. The standard InChI is InChI=1S/C9H17N5/c1-11-13-4-2-9(3-5-13)14-7-8(10)6-12-14/h6-7,9,11H,2-5,10H2,1H3. The molecule has 0 aliphatic carbocycles. The van der Waals surface area contributed by atoms with Crippen LogP contribution in [0.2, 0.25) is 0 Å². The second-order valence-corrected chi connectivity index (χ2v) is 3.70. The summed E-state index contributed by atoms with van der Waals surface area (Å²) in [4.78, 5) is 0. The van der Waals surface area contributed by atoms with Gasteiger partial charge < -0.3 is 5.73 Å². The lowest BCUT2D eigenvalue weighted by Crippen LogP contribution is -2.42. The number of aromatic nitrogens is 2. The maximum atomic E-state index is 5.63. The van der Waals surface area contributed by atoms with Gasteiger partial charge in [0, 0.05) is 19.3 Å². The molecule has 0 amide bonds. The molecule has 14 heavy (non-hydrogen) atoms. The largest absolute Gasteiger partial charge is 0.396 e. The zero-order valence-electron chi connectivity index (χ0n) is 8.48. The second kappa shape index (κ2) is 3.98. The van der Waals surface area contributed by atoms with E-state index in [2.05, 4.69) is 15.5 Å². The Morgan fingerprint density at radius 1 is 1.50 bits per heavy atom. The summed E-state index contributed by atoms with van der Waals surface area (Å²) in [6, 6.07) is 0.511. The predicted molar refractivity (Wildman–Crippen MR) is 55.5 cm³/mol. The topological polar surface area (TPSA) is 59.1 Å². The Morgan fingerprint density at radius 3 is 2.71 bits per heavy atom. The van der Waals surface area contributed by atoms with Crippen molar-refractivity contribution in [3.05, 3.63) is 12.4 Å². The second-order valence-electron chi connectivity index (χ2n) is 3.70. The van der Waals surface area contributed by atoms with Crippen molar-refractivity contribution in [2.24, 2.45) is 0 Å². The molecule has 2 rings (SSSR count). The quantitative estimate of drug-likeness (QED) is 0.709. The van der Waals surface area contributed by atoms with Crippen molar-refractivity contribution in [1.29, 1.82) is 0 Å². The SMILES string of the molecule is CNN1CCC(n2cc(N)cn2)CC1. The molecule has 1 fully saturated rings. The molecule has 1 aromatic heterocycles. The molecule has 1 aromatic rings. The third-order valence-electron chi connectivity index (χ3n) is 2.78. The van der Waals surface area contributed by atoms with Crippen LogP contribution in [0.4, 0.5) is 5.69 Å². The van der Waals surface area contributed by atoms with Gasteiger partial charge in [0.2, 0.25) is 0 Å². The van der Waals surface area contributed by atoms with Crippen LogP contribution in [0, 0.1) is 0 Å². The average molecular weight is 195 g/mol. The highest BCUT2D eigenvalue weighted by Gasteiger charge is 2.19. The van der Waals surface area contributed by atoms with E-state index in [0.717, 1.165) is 31.6 Å². The van der Waals surface area contributed by atoms with Gasteiger partial charge in [0.25, 0.3) is 0 Å². The van der Waals surface area contributed by atoms with Crippen LogP contribution in [-0.4, -0.2) is 34.9 Å². The Balaban J connectivity index is 1.95. The molecule has 0 aromatic carbocycles.